The van der Waals surface area contributed by atoms with E-state index in [9.17, 15) is 0 Å². The van der Waals surface area contributed by atoms with Gasteiger partial charge in [-0.05, 0) is 28.2 Å². The van der Waals surface area contributed by atoms with Gasteiger partial charge in [-0.25, -0.2) is 3.21 Å². The van der Waals surface area contributed by atoms with Crippen LogP contribution in [0.3, 0.4) is 0 Å². The predicted octanol–water partition coefficient (Wildman–Crippen LogP) is 3.21. The molecule has 0 radical (unpaired) electrons. The second-order valence-electron chi connectivity index (χ2n) is 2.52. The van der Waals surface area contributed by atoms with Gasteiger partial charge in [0.1, 0.15) is 0 Å². The predicted molar refractivity (Wildman–Crippen MR) is 65.2 cm³/mol. The van der Waals surface area contributed by atoms with E-state index in [2.05, 4.69) is 33.4 Å². The highest BCUT2D eigenvalue weighted by atomic mass is 127. The zero-order valence-electron chi connectivity index (χ0n) is 7.18. The average Bonchev–Trinajstić information content (AvgIpc) is 2.09. The minimum absolute atomic E-state index is 0.267. The van der Waals surface area contributed by atoms with Gasteiger partial charge in [0.25, 0.3) is 0 Å². The van der Waals surface area contributed by atoms with Gasteiger partial charge in [-0.15, -0.1) is 0 Å². The molecule has 12 heavy (non-hydrogen) atoms. The summed E-state index contributed by atoms with van der Waals surface area (Å²) in [6.07, 6.45) is 7.29. The Labute approximate surface area is 83.7 Å². The fourth-order valence-corrected chi connectivity index (χ4v) is 1.84. The molecule has 0 aliphatic heterocycles. The van der Waals surface area contributed by atoms with Crippen molar-refractivity contribution in [1.29, 1.82) is 0 Å². The van der Waals surface area contributed by atoms with E-state index in [0.717, 1.165) is 17.7 Å². The van der Waals surface area contributed by atoms with Gasteiger partial charge in [0.15, 0.2) is 0 Å². The maximum atomic E-state index is 4.32. The summed E-state index contributed by atoms with van der Waals surface area (Å²) in [7, 11) is 0. The van der Waals surface area contributed by atoms with Crippen LogP contribution < -0.4 is 0 Å². The van der Waals surface area contributed by atoms with Crippen LogP contribution in [-0.2, 0) is 0 Å². The zero-order chi connectivity index (χ0) is 8.97. The van der Waals surface area contributed by atoms with Crippen molar-refractivity contribution < 1.29 is 0 Å². The van der Waals surface area contributed by atoms with Gasteiger partial charge >= 0.3 is 0 Å². The Hall–Kier alpha value is -0.510. The average molecular weight is 273 g/mol. The number of halogens is 1. The third kappa shape index (κ3) is 2.24. The van der Waals surface area contributed by atoms with Crippen molar-refractivity contribution in [2.45, 2.75) is 13.3 Å². The maximum Gasteiger partial charge on any atom is 0.0757 e. The summed E-state index contributed by atoms with van der Waals surface area (Å²) in [5.74, 6) is 0. The first-order chi connectivity index (χ1) is 5.77. The minimum Gasteiger partial charge on any atom is -0.222 e. The van der Waals surface area contributed by atoms with E-state index in [1.807, 2.05) is 6.08 Å². The van der Waals surface area contributed by atoms with E-state index in [0.29, 0.717) is 0 Å². The summed E-state index contributed by atoms with van der Waals surface area (Å²) >= 11 is -0.267. The maximum absolute atomic E-state index is 4.32. The van der Waals surface area contributed by atoms with Crippen LogP contribution in [0, 0.1) is 0 Å². The second-order valence-corrected chi connectivity index (χ2v) is 3.69. The van der Waals surface area contributed by atoms with Crippen molar-refractivity contribution in [1.82, 2.24) is 0 Å². The highest BCUT2D eigenvalue weighted by Crippen LogP contribution is 2.16. The van der Waals surface area contributed by atoms with Crippen molar-refractivity contribution in [3.8, 4) is 0 Å². The minimum atomic E-state index is -0.267. The Bertz CT molecular complexity index is 295. The normalized spacial score (nSPS) is 19.9. The fraction of sp³-hybridized carbons (Fsp3) is 0.200. The Morgan fingerprint density at radius 3 is 2.75 bits per heavy atom. The smallest absolute Gasteiger partial charge is 0.0757 e. The molecule has 0 bridgehead atoms. The first-order valence-corrected chi connectivity index (χ1v) is 6.30. The van der Waals surface area contributed by atoms with Gasteiger partial charge < -0.3 is 0 Å². The van der Waals surface area contributed by atoms with Crippen LogP contribution in [0.2, 0.25) is 0 Å². The zero-order valence-corrected chi connectivity index (χ0v) is 9.34. The second kappa shape index (κ2) is 4.50. The summed E-state index contributed by atoms with van der Waals surface area (Å²) < 4.78 is 8.10. The molecule has 0 saturated carbocycles. The number of hydrogen-bond donors (Lipinski definition) is 0. The molecule has 0 aromatic rings. The molecule has 0 fully saturated rings. The highest BCUT2D eigenvalue weighted by Gasteiger charge is 2.03. The number of allylic oxidation sites excluding steroid dienone is 5. The first-order valence-electron chi connectivity index (χ1n) is 3.81. The third-order valence-electron chi connectivity index (χ3n) is 1.70. The van der Waals surface area contributed by atoms with Crippen molar-refractivity contribution in [2.24, 2.45) is 3.21 Å². The van der Waals surface area contributed by atoms with Crippen LogP contribution >= 0.6 is 21.0 Å². The Kier molecular flexibility index (Phi) is 3.59. The summed E-state index contributed by atoms with van der Waals surface area (Å²) in [6, 6.07) is 0. The molecule has 0 unspecified atom stereocenters. The van der Waals surface area contributed by atoms with E-state index >= 15 is 0 Å². The largest absolute Gasteiger partial charge is 0.222 e. The lowest BCUT2D eigenvalue weighted by Gasteiger charge is -2.07. The monoisotopic (exact) mass is 273 g/mol. The Balaban J connectivity index is 2.89. The van der Waals surface area contributed by atoms with Crippen molar-refractivity contribution >= 4 is 31.2 Å². The van der Waals surface area contributed by atoms with Crippen LogP contribution in [0.5, 0.6) is 0 Å². The fourth-order valence-electron chi connectivity index (χ4n) is 1.01. The van der Waals surface area contributed by atoms with Crippen LogP contribution in [0.4, 0.5) is 0 Å². The van der Waals surface area contributed by atoms with Crippen LogP contribution in [0.1, 0.15) is 13.3 Å². The van der Waals surface area contributed by atoms with Gasteiger partial charge in [0, 0.05) is 21.0 Å². The topological polar surface area (TPSA) is 12.4 Å². The van der Waals surface area contributed by atoms with E-state index in [1.165, 1.54) is 5.57 Å². The molecule has 0 saturated heterocycles. The molecular formula is C10H12IN. The van der Waals surface area contributed by atoms with Crippen LogP contribution in [-0.4, -0.2) is 10.2 Å². The number of rotatable bonds is 2. The molecular weight excluding hydrogens is 261 g/mol. The molecule has 0 atom stereocenters. The molecule has 0 spiro atoms. The molecule has 1 nitrogen and oxygen atoms in total. The van der Waals surface area contributed by atoms with Gasteiger partial charge in [-0.2, -0.15) is 0 Å². The lowest BCUT2D eigenvalue weighted by atomic mass is 10.0. The molecule has 1 aliphatic rings. The molecule has 0 N–H and O–H groups in total. The van der Waals surface area contributed by atoms with Crippen LogP contribution in [0.25, 0.3) is 0 Å². The molecule has 64 valence electrons. The van der Waals surface area contributed by atoms with Crippen molar-refractivity contribution in [3.63, 3.8) is 0 Å². The standard InChI is InChI=1S/C10H12IN/c1-4-9-5-6-10(12-11-3)8(2)7-9/h5-7H,2-4H2,1H3/b12-10+. The summed E-state index contributed by atoms with van der Waals surface area (Å²) in [5, 5.41) is 0. The molecule has 1 aliphatic carbocycles. The Morgan fingerprint density at radius 1 is 1.50 bits per heavy atom. The molecule has 2 heteroatoms. The molecule has 0 heterocycles. The highest BCUT2D eigenvalue weighted by molar-refractivity contribution is 14.2. The van der Waals surface area contributed by atoms with E-state index in [4.69, 9.17) is 0 Å². The van der Waals surface area contributed by atoms with Crippen molar-refractivity contribution in [3.05, 3.63) is 36.0 Å². The van der Waals surface area contributed by atoms with Gasteiger partial charge in [0.05, 0.1) is 5.71 Å². The number of hydrogen-bond acceptors (Lipinski definition) is 1. The van der Waals surface area contributed by atoms with Crippen LogP contribution in [0.15, 0.2) is 39.2 Å². The number of nitrogens with zero attached hydrogens (tertiary/aromatic N) is 1. The molecule has 0 amide bonds. The van der Waals surface area contributed by atoms with Gasteiger partial charge in [-0.3, -0.25) is 0 Å². The van der Waals surface area contributed by atoms with Gasteiger partial charge in [0.2, 0.25) is 0 Å². The van der Waals surface area contributed by atoms with E-state index < -0.39 is 0 Å². The molecule has 0 aromatic heterocycles. The Morgan fingerprint density at radius 2 is 2.25 bits per heavy atom. The quantitative estimate of drug-likeness (QED) is 0.685. The lowest BCUT2D eigenvalue weighted by molar-refractivity contribution is 1.14. The lowest BCUT2D eigenvalue weighted by Crippen LogP contribution is -1.99. The first kappa shape index (κ1) is 9.58. The third-order valence-corrected chi connectivity index (χ3v) is 2.56. The summed E-state index contributed by atoms with van der Waals surface area (Å²) in [4.78, 5) is 0. The molecule has 1 rings (SSSR count). The summed E-state index contributed by atoms with van der Waals surface area (Å²) in [6.45, 7) is 6.08. The summed E-state index contributed by atoms with van der Waals surface area (Å²) in [5.41, 5.74) is 3.36. The van der Waals surface area contributed by atoms with E-state index in [1.54, 1.807) is 0 Å². The van der Waals surface area contributed by atoms with Gasteiger partial charge in [-0.1, -0.05) is 25.7 Å². The van der Waals surface area contributed by atoms with E-state index in [-0.39, 0.29) is 21.0 Å². The SMILES string of the molecule is C=I/N=C1\C=CC(CC)=CC1=C. The molecule has 0 aromatic carbocycles. The van der Waals surface area contributed by atoms with Crippen molar-refractivity contribution in [2.75, 3.05) is 0 Å².